The SMILES string of the molecule is CCN(CC)CCCc1cc(F)ccc1C(C)(C)C. The van der Waals surface area contributed by atoms with E-state index in [0.717, 1.165) is 32.5 Å². The maximum Gasteiger partial charge on any atom is 0.123 e. The molecule has 0 unspecified atom stereocenters. The molecule has 0 atom stereocenters. The third-order valence-corrected chi connectivity index (χ3v) is 3.69. The molecule has 0 bridgehead atoms. The molecule has 0 amide bonds. The van der Waals surface area contributed by atoms with E-state index < -0.39 is 0 Å². The first-order valence-electron chi connectivity index (χ1n) is 7.39. The molecule has 0 fully saturated rings. The van der Waals surface area contributed by atoms with Gasteiger partial charge in [-0.15, -0.1) is 0 Å². The van der Waals surface area contributed by atoms with E-state index in [1.54, 1.807) is 12.1 Å². The highest BCUT2D eigenvalue weighted by Gasteiger charge is 2.18. The van der Waals surface area contributed by atoms with Gasteiger partial charge < -0.3 is 4.90 Å². The van der Waals surface area contributed by atoms with E-state index in [2.05, 4.69) is 39.5 Å². The maximum absolute atomic E-state index is 13.4. The van der Waals surface area contributed by atoms with Gasteiger partial charge in [-0.25, -0.2) is 4.39 Å². The lowest BCUT2D eigenvalue weighted by atomic mass is 9.82. The standard InChI is InChI=1S/C17H28FN/c1-6-19(7-2)12-8-9-14-13-15(18)10-11-16(14)17(3,4)5/h10-11,13H,6-9,12H2,1-5H3. The van der Waals surface area contributed by atoms with Crippen molar-refractivity contribution in [2.45, 2.75) is 52.9 Å². The molecule has 0 aliphatic carbocycles. The molecule has 0 heterocycles. The van der Waals surface area contributed by atoms with E-state index in [9.17, 15) is 4.39 Å². The van der Waals surface area contributed by atoms with Crippen molar-refractivity contribution in [2.75, 3.05) is 19.6 Å². The van der Waals surface area contributed by atoms with Gasteiger partial charge in [0, 0.05) is 0 Å². The molecule has 1 nitrogen and oxygen atoms in total. The van der Waals surface area contributed by atoms with Crippen LogP contribution in [0.15, 0.2) is 18.2 Å². The van der Waals surface area contributed by atoms with Gasteiger partial charge in [-0.1, -0.05) is 40.7 Å². The molecule has 0 saturated heterocycles. The highest BCUT2D eigenvalue weighted by Crippen LogP contribution is 2.27. The Morgan fingerprint density at radius 3 is 2.26 bits per heavy atom. The van der Waals surface area contributed by atoms with Crippen LogP contribution in [-0.2, 0) is 11.8 Å². The van der Waals surface area contributed by atoms with E-state index in [4.69, 9.17) is 0 Å². The van der Waals surface area contributed by atoms with E-state index in [1.807, 2.05) is 6.07 Å². The highest BCUT2D eigenvalue weighted by atomic mass is 19.1. The molecular formula is C17H28FN. The van der Waals surface area contributed by atoms with Gasteiger partial charge in [0.1, 0.15) is 5.82 Å². The number of hydrogen-bond acceptors (Lipinski definition) is 1. The Labute approximate surface area is 117 Å². The third kappa shape index (κ3) is 4.94. The topological polar surface area (TPSA) is 3.24 Å². The number of hydrogen-bond donors (Lipinski definition) is 0. The normalized spacial score (nSPS) is 12.2. The average Bonchev–Trinajstić information content (AvgIpc) is 2.33. The van der Waals surface area contributed by atoms with Crippen molar-refractivity contribution in [2.24, 2.45) is 0 Å². The minimum Gasteiger partial charge on any atom is -0.304 e. The summed E-state index contributed by atoms with van der Waals surface area (Å²) in [6.45, 7) is 14.2. The van der Waals surface area contributed by atoms with Crippen LogP contribution in [0.3, 0.4) is 0 Å². The second kappa shape index (κ2) is 7.04. The van der Waals surface area contributed by atoms with Gasteiger partial charge in [0.25, 0.3) is 0 Å². The second-order valence-electron chi connectivity index (χ2n) is 6.18. The average molecular weight is 265 g/mol. The van der Waals surface area contributed by atoms with Crippen molar-refractivity contribution < 1.29 is 4.39 Å². The van der Waals surface area contributed by atoms with Gasteiger partial charge in [0.2, 0.25) is 0 Å². The molecule has 2 heteroatoms. The molecule has 1 aromatic rings. The first kappa shape index (κ1) is 16.2. The number of halogens is 1. The Bertz CT molecular complexity index is 389. The molecule has 0 N–H and O–H groups in total. The Balaban J connectivity index is 2.74. The van der Waals surface area contributed by atoms with Crippen LogP contribution in [0.25, 0.3) is 0 Å². The van der Waals surface area contributed by atoms with Gasteiger partial charge >= 0.3 is 0 Å². The lowest BCUT2D eigenvalue weighted by Crippen LogP contribution is -2.24. The van der Waals surface area contributed by atoms with Crippen molar-refractivity contribution in [1.82, 2.24) is 4.90 Å². The summed E-state index contributed by atoms with van der Waals surface area (Å²) in [6.07, 6.45) is 2.05. The molecule has 0 aliphatic heterocycles. The van der Waals surface area contributed by atoms with E-state index in [0.29, 0.717) is 0 Å². The molecular weight excluding hydrogens is 237 g/mol. The zero-order chi connectivity index (χ0) is 14.5. The van der Waals surface area contributed by atoms with E-state index >= 15 is 0 Å². The molecule has 108 valence electrons. The van der Waals surface area contributed by atoms with Gasteiger partial charge in [0.15, 0.2) is 0 Å². The Kier molecular flexibility index (Phi) is 5.99. The van der Waals surface area contributed by atoms with E-state index in [1.165, 1.54) is 11.1 Å². The van der Waals surface area contributed by atoms with Crippen molar-refractivity contribution in [3.63, 3.8) is 0 Å². The summed E-state index contributed by atoms with van der Waals surface area (Å²) in [5.41, 5.74) is 2.52. The lowest BCUT2D eigenvalue weighted by molar-refractivity contribution is 0.299. The van der Waals surface area contributed by atoms with Crippen molar-refractivity contribution in [1.29, 1.82) is 0 Å². The van der Waals surface area contributed by atoms with Crippen LogP contribution in [0.4, 0.5) is 4.39 Å². The minimum atomic E-state index is -0.120. The fraction of sp³-hybridized carbons (Fsp3) is 0.647. The van der Waals surface area contributed by atoms with Gasteiger partial charge in [-0.2, -0.15) is 0 Å². The summed E-state index contributed by atoms with van der Waals surface area (Å²) < 4.78 is 13.4. The Hall–Kier alpha value is -0.890. The molecule has 0 saturated carbocycles. The fourth-order valence-electron chi connectivity index (χ4n) is 2.53. The van der Waals surface area contributed by atoms with E-state index in [-0.39, 0.29) is 11.2 Å². The molecule has 1 rings (SSSR count). The summed E-state index contributed by atoms with van der Waals surface area (Å²) >= 11 is 0. The fourth-order valence-corrected chi connectivity index (χ4v) is 2.53. The maximum atomic E-state index is 13.4. The summed E-state index contributed by atoms with van der Waals surface area (Å²) in [6, 6.07) is 5.24. The second-order valence-corrected chi connectivity index (χ2v) is 6.18. The molecule has 1 aromatic carbocycles. The summed E-state index contributed by atoms with van der Waals surface area (Å²) in [5, 5.41) is 0. The first-order chi connectivity index (χ1) is 8.88. The lowest BCUT2D eigenvalue weighted by Gasteiger charge is -2.24. The zero-order valence-electron chi connectivity index (χ0n) is 13.1. The van der Waals surface area contributed by atoms with Crippen LogP contribution < -0.4 is 0 Å². The van der Waals surface area contributed by atoms with Crippen molar-refractivity contribution in [3.8, 4) is 0 Å². The van der Waals surface area contributed by atoms with Crippen LogP contribution in [0, 0.1) is 5.82 Å². The summed E-state index contributed by atoms with van der Waals surface area (Å²) in [5.74, 6) is -0.120. The summed E-state index contributed by atoms with van der Waals surface area (Å²) in [4.78, 5) is 2.41. The number of benzene rings is 1. The molecule has 0 aliphatic rings. The molecule has 0 radical (unpaired) electrons. The predicted molar refractivity (Wildman–Crippen MR) is 81.2 cm³/mol. The van der Waals surface area contributed by atoms with Crippen LogP contribution in [0.1, 0.15) is 52.2 Å². The Morgan fingerprint density at radius 1 is 1.11 bits per heavy atom. The van der Waals surface area contributed by atoms with Crippen LogP contribution >= 0.6 is 0 Å². The third-order valence-electron chi connectivity index (χ3n) is 3.69. The molecule has 0 aromatic heterocycles. The van der Waals surface area contributed by atoms with Gasteiger partial charge in [0.05, 0.1) is 0 Å². The molecule has 0 spiro atoms. The summed E-state index contributed by atoms with van der Waals surface area (Å²) in [7, 11) is 0. The van der Waals surface area contributed by atoms with Crippen LogP contribution in [0.5, 0.6) is 0 Å². The van der Waals surface area contributed by atoms with Crippen LogP contribution in [0.2, 0.25) is 0 Å². The quantitative estimate of drug-likeness (QED) is 0.737. The highest BCUT2D eigenvalue weighted by molar-refractivity contribution is 5.33. The first-order valence-corrected chi connectivity index (χ1v) is 7.39. The number of aryl methyl sites for hydroxylation is 1. The van der Waals surface area contributed by atoms with Gasteiger partial charge in [-0.3, -0.25) is 0 Å². The zero-order valence-corrected chi connectivity index (χ0v) is 13.1. The Morgan fingerprint density at radius 2 is 1.74 bits per heavy atom. The monoisotopic (exact) mass is 265 g/mol. The van der Waals surface area contributed by atoms with Crippen LogP contribution in [-0.4, -0.2) is 24.5 Å². The van der Waals surface area contributed by atoms with Crippen molar-refractivity contribution in [3.05, 3.63) is 35.1 Å². The molecule has 19 heavy (non-hydrogen) atoms. The van der Waals surface area contributed by atoms with Crippen molar-refractivity contribution >= 4 is 0 Å². The number of rotatable bonds is 6. The van der Waals surface area contributed by atoms with Gasteiger partial charge in [-0.05, 0) is 61.2 Å². The smallest absolute Gasteiger partial charge is 0.123 e. The predicted octanol–water partition coefficient (Wildman–Crippen LogP) is 4.40. The largest absolute Gasteiger partial charge is 0.304 e. The minimum absolute atomic E-state index is 0.0816. The number of nitrogens with zero attached hydrogens (tertiary/aromatic N) is 1.